The number of rotatable bonds is 6. The van der Waals surface area contributed by atoms with E-state index >= 15 is 0 Å². The molecule has 130 valence electrons. The van der Waals surface area contributed by atoms with E-state index in [2.05, 4.69) is 0 Å². The second-order valence-electron chi connectivity index (χ2n) is 6.13. The van der Waals surface area contributed by atoms with E-state index in [-0.39, 0.29) is 40.8 Å². The maximum atomic E-state index is 12.2. The molecular formula is C18H22O6. The van der Waals surface area contributed by atoms with Crippen molar-refractivity contribution in [2.75, 3.05) is 7.11 Å². The second-order valence-corrected chi connectivity index (χ2v) is 6.13. The monoisotopic (exact) mass is 334 g/mol. The summed E-state index contributed by atoms with van der Waals surface area (Å²) in [5.41, 5.74) is 0.270. The Morgan fingerprint density at radius 2 is 2.00 bits per heavy atom. The van der Waals surface area contributed by atoms with Gasteiger partial charge in [0.2, 0.25) is 0 Å². The molecule has 1 aromatic carbocycles. The van der Waals surface area contributed by atoms with Crippen LogP contribution in [-0.2, 0) is 11.2 Å². The molecule has 0 aliphatic rings. The highest BCUT2D eigenvalue weighted by Gasteiger charge is 2.23. The zero-order valence-corrected chi connectivity index (χ0v) is 14.3. The van der Waals surface area contributed by atoms with Crippen molar-refractivity contribution in [3.63, 3.8) is 0 Å². The highest BCUT2D eigenvalue weighted by Crippen LogP contribution is 2.36. The maximum Gasteiger partial charge on any atom is 0.196 e. The molecule has 0 spiro atoms. The number of aryl methyl sites for hydroxylation is 1. The van der Waals surface area contributed by atoms with E-state index in [9.17, 15) is 19.8 Å². The van der Waals surface area contributed by atoms with Crippen molar-refractivity contribution in [3.8, 4) is 11.5 Å². The van der Waals surface area contributed by atoms with Crippen LogP contribution in [0, 0.1) is 12.8 Å². The highest BCUT2D eigenvalue weighted by molar-refractivity contribution is 5.88. The first-order chi connectivity index (χ1) is 11.2. The van der Waals surface area contributed by atoms with Crippen molar-refractivity contribution < 1.29 is 24.2 Å². The molecule has 1 heterocycles. The van der Waals surface area contributed by atoms with E-state index in [4.69, 9.17) is 9.15 Å². The lowest BCUT2D eigenvalue weighted by Gasteiger charge is -2.16. The van der Waals surface area contributed by atoms with Crippen molar-refractivity contribution in [1.82, 2.24) is 0 Å². The van der Waals surface area contributed by atoms with E-state index in [0.717, 1.165) is 0 Å². The molecule has 0 unspecified atom stereocenters. The van der Waals surface area contributed by atoms with Gasteiger partial charge in [-0.25, -0.2) is 0 Å². The number of benzene rings is 1. The van der Waals surface area contributed by atoms with Crippen molar-refractivity contribution in [2.45, 2.75) is 39.7 Å². The number of carbonyl (C=O) groups excluding carboxylic acids is 1. The molecule has 0 saturated carbocycles. The van der Waals surface area contributed by atoms with Gasteiger partial charge in [-0.15, -0.1) is 0 Å². The van der Waals surface area contributed by atoms with Gasteiger partial charge < -0.3 is 19.4 Å². The van der Waals surface area contributed by atoms with E-state index in [1.54, 1.807) is 26.8 Å². The second kappa shape index (κ2) is 7.05. The zero-order chi connectivity index (χ0) is 18.0. The summed E-state index contributed by atoms with van der Waals surface area (Å²) in [4.78, 5) is 24.3. The standard InChI is InChI=1S/C18H22O6/c1-9(13(20)6-10(2)19)5-12-15(23-4)8-16-17(18(12)22)14(21)7-11(3)24-16/h7-10,19,22H,5-6H2,1-4H3/t9-,10+/m1/s1. The van der Waals surface area contributed by atoms with Gasteiger partial charge in [0.05, 0.1) is 13.2 Å². The Hall–Kier alpha value is -2.34. The predicted molar refractivity (Wildman–Crippen MR) is 89.6 cm³/mol. The number of phenolic OH excluding ortho intramolecular Hbond substituents is 1. The molecule has 0 aliphatic heterocycles. The summed E-state index contributed by atoms with van der Waals surface area (Å²) in [7, 11) is 1.44. The van der Waals surface area contributed by atoms with Crippen LogP contribution in [-0.4, -0.2) is 29.2 Å². The third-order valence-corrected chi connectivity index (χ3v) is 3.96. The van der Waals surface area contributed by atoms with Crippen LogP contribution in [0.3, 0.4) is 0 Å². The topological polar surface area (TPSA) is 97.0 Å². The summed E-state index contributed by atoms with van der Waals surface area (Å²) < 4.78 is 10.8. The quantitative estimate of drug-likeness (QED) is 0.841. The summed E-state index contributed by atoms with van der Waals surface area (Å²) in [5.74, 6) is -0.000689. The average Bonchev–Trinajstić information content (AvgIpc) is 2.47. The van der Waals surface area contributed by atoms with Crippen LogP contribution in [0.2, 0.25) is 0 Å². The van der Waals surface area contributed by atoms with Crippen LogP contribution in [0.1, 0.15) is 31.6 Å². The van der Waals surface area contributed by atoms with Gasteiger partial charge in [0, 0.05) is 30.0 Å². The van der Waals surface area contributed by atoms with Crippen LogP contribution in [0.4, 0.5) is 0 Å². The Morgan fingerprint density at radius 1 is 1.33 bits per heavy atom. The Balaban J connectivity index is 2.51. The van der Waals surface area contributed by atoms with Crippen molar-refractivity contribution in [1.29, 1.82) is 0 Å². The largest absolute Gasteiger partial charge is 0.507 e. The molecule has 0 fully saturated rings. The van der Waals surface area contributed by atoms with Crippen LogP contribution >= 0.6 is 0 Å². The number of ether oxygens (including phenoxy) is 1. The summed E-state index contributed by atoms with van der Waals surface area (Å²) in [6.07, 6.45) is -0.481. The fourth-order valence-corrected chi connectivity index (χ4v) is 2.73. The first-order valence-electron chi connectivity index (χ1n) is 7.78. The minimum Gasteiger partial charge on any atom is -0.507 e. The van der Waals surface area contributed by atoms with Crippen molar-refractivity contribution >= 4 is 16.8 Å². The fourth-order valence-electron chi connectivity index (χ4n) is 2.73. The molecule has 1 aromatic heterocycles. The lowest BCUT2D eigenvalue weighted by Crippen LogP contribution is -2.19. The number of aromatic hydroxyl groups is 1. The molecule has 6 nitrogen and oxygen atoms in total. The van der Waals surface area contributed by atoms with Gasteiger partial charge in [-0.05, 0) is 20.3 Å². The van der Waals surface area contributed by atoms with Gasteiger partial charge in [-0.2, -0.15) is 0 Å². The lowest BCUT2D eigenvalue weighted by molar-refractivity contribution is -0.124. The molecule has 2 aromatic rings. The van der Waals surface area contributed by atoms with Gasteiger partial charge in [0.25, 0.3) is 0 Å². The van der Waals surface area contributed by atoms with Crippen LogP contribution in [0.15, 0.2) is 21.3 Å². The number of Topliss-reactive ketones (excluding diaryl/α,β-unsaturated/α-hetero) is 1. The maximum absolute atomic E-state index is 12.2. The fraction of sp³-hybridized carbons (Fsp3) is 0.444. The third kappa shape index (κ3) is 3.59. The molecule has 2 N–H and O–H groups in total. The normalized spacial score (nSPS) is 13.7. The predicted octanol–water partition coefficient (Wildman–Crippen LogP) is 2.33. The zero-order valence-electron chi connectivity index (χ0n) is 14.3. The number of fused-ring (bicyclic) bond motifs is 1. The Bertz CT molecular complexity index is 818. The molecule has 0 aliphatic carbocycles. The van der Waals surface area contributed by atoms with Gasteiger partial charge in [0.15, 0.2) is 5.43 Å². The number of carbonyl (C=O) groups is 1. The van der Waals surface area contributed by atoms with E-state index < -0.39 is 12.0 Å². The van der Waals surface area contributed by atoms with E-state index in [1.165, 1.54) is 13.2 Å². The summed E-state index contributed by atoms with van der Waals surface area (Å²) in [6, 6.07) is 2.85. The highest BCUT2D eigenvalue weighted by atomic mass is 16.5. The van der Waals surface area contributed by atoms with Crippen molar-refractivity contribution in [3.05, 3.63) is 33.7 Å². The van der Waals surface area contributed by atoms with Crippen LogP contribution in [0.5, 0.6) is 11.5 Å². The van der Waals surface area contributed by atoms with Crippen LogP contribution < -0.4 is 10.2 Å². The van der Waals surface area contributed by atoms with Gasteiger partial charge in [0.1, 0.15) is 34.0 Å². The van der Waals surface area contributed by atoms with E-state index in [1.807, 2.05) is 0 Å². The molecule has 2 rings (SSSR count). The molecule has 0 bridgehead atoms. The SMILES string of the molecule is COc1cc2oc(C)cc(=O)c2c(O)c1C[C@@H](C)C(=O)C[C@H](C)O. The Morgan fingerprint density at radius 3 is 2.58 bits per heavy atom. The molecule has 2 atom stereocenters. The summed E-state index contributed by atoms with van der Waals surface area (Å²) in [5, 5.41) is 20.0. The number of hydrogen-bond acceptors (Lipinski definition) is 6. The van der Waals surface area contributed by atoms with Gasteiger partial charge in [-0.1, -0.05) is 6.92 Å². The third-order valence-electron chi connectivity index (χ3n) is 3.96. The Labute approximate surface area is 139 Å². The van der Waals surface area contributed by atoms with Gasteiger partial charge in [-0.3, -0.25) is 9.59 Å². The number of aliphatic hydroxyl groups excluding tert-OH is 1. The molecule has 0 amide bonds. The molecule has 0 radical (unpaired) electrons. The van der Waals surface area contributed by atoms with Crippen molar-refractivity contribution in [2.24, 2.45) is 5.92 Å². The Kier molecular flexibility index (Phi) is 5.29. The van der Waals surface area contributed by atoms with Gasteiger partial charge >= 0.3 is 0 Å². The lowest BCUT2D eigenvalue weighted by atomic mass is 9.92. The minimum absolute atomic E-state index is 0.0408. The number of methoxy groups -OCH3 is 1. The molecule has 24 heavy (non-hydrogen) atoms. The van der Waals surface area contributed by atoms with Crippen LogP contribution in [0.25, 0.3) is 11.0 Å². The number of ketones is 1. The summed E-state index contributed by atoms with van der Waals surface area (Å²) >= 11 is 0. The first kappa shape index (κ1) is 18.0. The van der Waals surface area contributed by atoms with E-state index in [0.29, 0.717) is 17.1 Å². The molecule has 0 saturated heterocycles. The number of hydrogen-bond donors (Lipinski definition) is 2. The molecular weight excluding hydrogens is 312 g/mol. The first-order valence-corrected chi connectivity index (χ1v) is 7.78. The summed E-state index contributed by atoms with van der Waals surface area (Å²) in [6.45, 7) is 4.91. The molecule has 6 heteroatoms. The smallest absolute Gasteiger partial charge is 0.196 e. The number of aliphatic hydroxyl groups is 1. The average molecular weight is 334 g/mol. The minimum atomic E-state index is -0.720. The number of phenols is 1.